The smallest absolute Gasteiger partial charge is 0.407 e. The average molecular weight is 796 g/mol. The van der Waals surface area contributed by atoms with Gasteiger partial charge in [-0.1, -0.05) is 58.0 Å². The minimum atomic E-state index is -0.573. The van der Waals surface area contributed by atoms with Crippen LogP contribution >= 0.6 is 11.8 Å². The molecule has 3 aliphatic heterocycles. The Bertz CT molecular complexity index is 2110. The molecule has 3 fully saturated rings. The molecule has 3 aromatic carbocycles. The van der Waals surface area contributed by atoms with E-state index < -0.39 is 12.1 Å². The first-order valence-electron chi connectivity index (χ1n) is 20.0. The molecular weight excluding hydrogens is 739 g/mol. The number of thioether (sulfide) groups is 1. The Kier molecular flexibility index (Phi) is 14.1. The maximum Gasteiger partial charge on any atom is 0.407 e. The number of benzene rings is 3. The minimum Gasteiger partial charge on any atom is -0.453 e. The van der Waals surface area contributed by atoms with E-state index >= 15 is 0 Å². The summed E-state index contributed by atoms with van der Waals surface area (Å²) in [6.07, 6.45) is 8.79. The number of aromatic nitrogens is 4. The van der Waals surface area contributed by atoms with Crippen molar-refractivity contribution in [2.24, 2.45) is 11.8 Å². The van der Waals surface area contributed by atoms with Gasteiger partial charge in [-0.15, -0.1) is 11.8 Å². The van der Waals surface area contributed by atoms with Crippen LogP contribution in [0, 0.1) is 11.8 Å². The molecule has 0 aliphatic carbocycles. The molecule has 5 heterocycles. The van der Waals surface area contributed by atoms with Crippen LogP contribution in [0.25, 0.3) is 44.2 Å². The fourth-order valence-electron chi connectivity index (χ4n) is 7.71. The van der Waals surface area contributed by atoms with Gasteiger partial charge in [-0.3, -0.25) is 9.69 Å². The molecule has 12 nitrogen and oxygen atoms in total. The number of methoxy groups -OCH3 is 1. The lowest BCUT2D eigenvalue weighted by atomic mass is 9.99. The second kappa shape index (κ2) is 19.1. The third kappa shape index (κ3) is 10.2. The number of aromatic amines is 2. The molecule has 0 radical (unpaired) electrons. The second-order valence-corrected chi connectivity index (χ2v) is 17.3. The zero-order chi connectivity index (χ0) is 40.5. The van der Waals surface area contributed by atoms with Crippen molar-refractivity contribution in [3.05, 3.63) is 72.9 Å². The Morgan fingerprint density at radius 3 is 2.35 bits per heavy atom. The molecule has 2 amide bonds. The molecular formula is C44H57N7O5S. The Hall–Kier alpha value is -4.72. The van der Waals surface area contributed by atoms with Gasteiger partial charge in [0.2, 0.25) is 5.91 Å². The zero-order valence-electron chi connectivity index (χ0n) is 34.0. The molecule has 13 heteroatoms. The number of hydrogen-bond acceptors (Lipinski definition) is 9. The average Bonchev–Trinajstić information content (AvgIpc) is 4.04. The van der Waals surface area contributed by atoms with Gasteiger partial charge in [0.1, 0.15) is 12.1 Å². The Morgan fingerprint density at radius 1 is 1.02 bits per heavy atom. The van der Waals surface area contributed by atoms with Gasteiger partial charge in [-0.05, 0) is 84.4 Å². The third-order valence-electron chi connectivity index (χ3n) is 11.0. The van der Waals surface area contributed by atoms with Gasteiger partial charge < -0.3 is 34.5 Å². The van der Waals surface area contributed by atoms with Gasteiger partial charge in [0, 0.05) is 50.3 Å². The fourth-order valence-corrected chi connectivity index (χ4v) is 9.16. The van der Waals surface area contributed by atoms with E-state index in [9.17, 15) is 14.4 Å². The van der Waals surface area contributed by atoms with Gasteiger partial charge >= 0.3 is 6.09 Å². The van der Waals surface area contributed by atoms with Crippen LogP contribution < -0.4 is 5.32 Å². The summed E-state index contributed by atoms with van der Waals surface area (Å²) < 4.78 is 9.74. The van der Waals surface area contributed by atoms with Gasteiger partial charge in [0.25, 0.3) is 0 Å². The maximum absolute atomic E-state index is 12.2. The fraction of sp³-hybridized carbons (Fsp3) is 0.477. The monoisotopic (exact) mass is 795 g/mol. The highest BCUT2D eigenvalue weighted by molar-refractivity contribution is 8.00. The van der Waals surface area contributed by atoms with Crippen LogP contribution in [0.5, 0.6) is 0 Å². The van der Waals surface area contributed by atoms with Crippen molar-refractivity contribution >= 4 is 51.9 Å². The highest BCUT2D eigenvalue weighted by Gasteiger charge is 2.45. The van der Waals surface area contributed by atoms with Crippen LogP contribution in [0.1, 0.15) is 71.7 Å². The van der Waals surface area contributed by atoms with Crippen molar-refractivity contribution < 1.29 is 23.9 Å². The van der Waals surface area contributed by atoms with Crippen LogP contribution in [-0.2, 0) is 19.1 Å². The van der Waals surface area contributed by atoms with E-state index in [4.69, 9.17) is 9.72 Å². The van der Waals surface area contributed by atoms with Crippen molar-refractivity contribution in [1.29, 1.82) is 0 Å². The molecule has 3 N–H and O–H groups in total. The first kappa shape index (κ1) is 41.9. The number of aldehydes is 1. The van der Waals surface area contributed by atoms with Crippen molar-refractivity contribution in [2.45, 2.75) is 76.8 Å². The molecule has 5 aromatic rings. The Morgan fingerprint density at radius 2 is 1.72 bits per heavy atom. The van der Waals surface area contributed by atoms with Crippen LogP contribution in [0.4, 0.5) is 4.79 Å². The normalized spacial score (nSPS) is 18.3. The number of H-pyrrole nitrogens is 2. The molecule has 3 saturated heterocycles. The minimum absolute atomic E-state index is 0.0736. The van der Waals surface area contributed by atoms with E-state index in [-0.39, 0.29) is 10.8 Å². The number of carbonyl (C=O) groups excluding carboxylic acids is 3. The van der Waals surface area contributed by atoms with Gasteiger partial charge in [0.15, 0.2) is 0 Å². The van der Waals surface area contributed by atoms with Crippen molar-refractivity contribution in [3.63, 3.8) is 0 Å². The molecule has 304 valence electrons. The summed E-state index contributed by atoms with van der Waals surface area (Å²) in [5, 5.41) is 4.84. The second-order valence-electron chi connectivity index (χ2n) is 15.8. The van der Waals surface area contributed by atoms with Crippen LogP contribution in [0.3, 0.4) is 0 Å². The van der Waals surface area contributed by atoms with E-state index in [1.807, 2.05) is 31.8 Å². The maximum atomic E-state index is 12.2. The number of amides is 2. The number of hydrogen-bond donors (Lipinski definition) is 3. The molecule has 1 spiro atoms. The number of ether oxygens (including phenoxy) is 2. The number of fused-ring (bicyclic) bond motifs is 2. The highest BCUT2D eigenvalue weighted by atomic mass is 32.2. The number of alkyl carbamates (subject to hydrolysis) is 1. The molecule has 2 aromatic heterocycles. The summed E-state index contributed by atoms with van der Waals surface area (Å²) in [5.74, 6) is 3.06. The SMILES string of the molecule is CC(C)CC(=O)N1CCSC12CCOCC2.CN1CCCC1c1nc2ccc(-c3ccc4cc(-c5cnc[nH]5)ccc4c3)cc2[nH]1.COC(=O)NC(C=O)C(C)C. The van der Waals surface area contributed by atoms with Gasteiger partial charge in [0.05, 0.1) is 53.3 Å². The number of likely N-dealkylation sites (tertiary alicyclic amines) is 1. The summed E-state index contributed by atoms with van der Waals surface area (Å²) in [4.78, 5) is 53.4. The van der Waals surface area contributed by atoms with Gasteiger partial charge in [-0.25, -0.2) is 14.8 Å². The van der Waals surface area contributed by atoms with Crippen molar-refractivity contribution in [3.8, 4) is 22.4 Å². The first-order valence-corrected chi connectivity index (χ1v) is 21.0. The number of nitrogens with zero attached hydrogens (tertiary/aromatic N) is 4. The summed E-state index contributed by atoms with van der Waals surface area (Å²) in [6, 6.07) is 19.7. The largest absolute Gasteiger partial charge is 0.453 e. The summed E-state index contributed by atoms with van der Waals surface area (Å²) >= 11 is 1.95. The van der Waals surface area contributed by atoms with E-state index in [0.717, 1.165) is 73.0 Å². The van der Waals surface area contributed by atoms with Gasteiger partial charge in [-0.2, -0.15) is 0 Å². The number of nitrogens with one attached hydrogen (secondary N) is 3. The number of carbonyl (C=O) groups is 3. The number of imidazole rings is 2. The molecule has 57 heavy (non-hydrogen) atoms. The number of rotatable bonds is 8. The van der Waals surface area contributed by atoms with Crippen molar-refractivity contribution in [1.82, 2.24) is 35.1 Å². The Labute approximate surface area is 339 Å². The highest BCUT2D eigenvalue weighted by Crippen LogP contribution is 2.44. The predicted octanol–water partition coefficient (Wildman–Crippen LogP) is 8.22. The summed E-state index contributed by atoms with van der Waals surface area (Å²) in [5.41, 5.74) is 6.76. The van der Waals surface area contributed by atoms with E-state index in [1.54, 1.807) is 6.33 Å². The molecule has 0 bridgehead atoms. The molecule has 0 saturated carbocycles. The summed E-state index contributed by atoms with van der Waals surface area (Å²) in [6.45, 7) is 11.6. The summed E-state index contributed by atoms with van der Waals surface area (Å²) in [7, 11) is 3.45. The molecule has 3 aliphatic rings. The van der Waals surface area contributed by atoms with Crippen molar-refractivity contribution in [2.75, 3.05) is 46.2 Å². The predicted molar refractivity (Wildman–Crippen MR) is 228 cm³/mol. The van der Waals surface area contributed by atoms with Crippen LogP contribution in [0.15, 0.2) is 67.1 Å². The quantitative estimate of drug-likeness (QED) is 0.132. The lowest BCUT2D eigenvalue weighted by Crippen LogP contribution is -2.49. The molecule has 2 unspecified atom stereocenters. The lowest BCUT2D eigenvalue weighted by Gasteiger charge is -2.40. The lowest BCUT2D eigenvalue weighted by molar-refractivity contribution is -0.136. The van der Waals surface area contributed by atoms with E-state index in [1.165, 1.54) is 41.9 Å². The molecule has 8 rings (SSSR count). The van der Waals surface area contributed by atoms with E-state index in [0.29, 0.717) is 30.6 Å². The molecule has 2 atom stereocenters. The first-order chi connectivity index (χ1) is 27.5. The topological polar surface area (TPSA) is 146 Å². The standard InChI is InChI=1S/C25H23N5.C12H21NO2S.C7H13NO3/c1-30-10-2-3-24(30)25-28-21-9-8-19(13-22(21)29-25)17-4-5-18-12-20(7-6-16(18)11-17)23-14-26-15-27-23;1-10(2)9-11(14)13-5-8-16-12(13)3-6-15-7-4-12;1-5(2)6(4-9)8-7(10)11-3/h4-9,11-15,24H,2-3,10H2,1H3,(H,26,27)(H,28,29);10H,3-9H2,1-2H3;4-6H,1-3H3,(H,8,10). The zero-order valence-corrected chi connectivity index (χ0v) is 34.9. The van der Waals surface area contributed by atoms with Crippen LogP contribution in [0.2, 0.25) is 0 Å². The Balaban J connectivity index is 0.000000171. The third-order valence-corrected chi connectivity index (χ3v) is 12.5. The van der Waals surface area contributed by atoms with E-state index in [2.05, 4.69) is 110 Å². The van der Waals surface area contributed by atoms with Crippen LogP contribution in [-0.4, -0.2) is 105 Å².